The fraction of sp³-hybridized carbons (Fsp3) is 0.533. The molecule has 7 nitrogen and oxygen atoms in total. The molecule has 1 saturated carbocycles. The van der Waals surface area contributed by atoms with Crippen LogP contribution >= 0.6 is 0 Å². The summed E-state index contributed by atoms with van der Waals surface area (Å²) >= 11 is 0. The molecule has 1 aliphatic carbocycles. The smallest absolute Gasteiger partial charge is 0.303 e. The lowest BCUT2D eigenvalue weighted by atomic mass is 9.81. The van der Waals surface area contributed by atoms with E-state index in [1.807, 2.05) is 11.9 Å². The van der Waals surface area contributed by atoms with Gasteiger partial charge in [-0.1, -0.05) is 12.1 Å². The molecule has 1 aromatic heterocycles. The number of methoxy groups -OCH3 is 1. The molecule has 0 bridgehead atoms. The number of aliphatic hydroxyl groups is 1. The summed E-state index contributed by atoms with van der Waals surface area (Å²) in [6.07, 6.45) is -0.194. The van der Waals surface area contributed by atoms with Crippen molar-refractivity contribution in [3.8, 4) is 11.5 Å². The Morgan fingerprint density at radius 2 is 1.86 bits per heavy atom. The monoisotopic (exact) mass is 596 g/mol. The summed E-state index contributed by atoms with van der Waals surface area (Å²) < 4.78 is 82.9. The summed E-state index contributed by atoms with van der Waals surface area (Å²) in [6, 6.07) is 6.25. The number of rotatable bonds is 12. The molecule has 4 rings (SSSR count). The van der Waals surface area contributed by atoms with Gasteiger partial charge in [-0.25, -0.2) is 23.1 Å². The topological polar surface area (TPSA) is 79.7 Å². The molecule has 12 heteroatoms. The number of ether oxygens (including phenoxy) is 2. The summed E-state index contributed by atoms with van der Waals surface area (Å²) in [4.78, 5) is 10.9. The average Bonchev–Trinajstić information content (AvgIpc) is 2.86. The molecular formula is C30H37F5N4O3. The fourth-order valence-electron chi connectivity index (χ4n) is 5.13. The van der Waals surface area contributed by atoms with Gasteiger partial charge in [0.05, 0.1) is 24.2 Å². The van der Waals surface area contributed by atoms with Crippen LogP contribution < -0.4 is 14.8 Å². The number of nitrogens with zero attached hydrogens (tertiary/aromatic N) is 3. The van der Waals surface area contributed by atoms with Crippen LogP contribution in [-0.2, 0) is 5.92 Å². The molecule has 1 fully saturated rings. The molecule has 0 spiro atoms. The molecular weight excluding hydrogens is 559 g/mol. The number of alkyl halides is 4. The Hall–Kier alpha value is -3.25. The number of fused-ring (bicyclic) bond motifs is 1. The van der Waals surface area contributed by atoms with E-state index in [9.17, 15) is 22.7 Å². The molecule has 230 valence electrons. The van der Waals surface area contributed by atoms with E-state index in [1.54, 1.807) is 26.0 Å². The first-order valence-corrected chi connectivity index (χ1v) is 13.7. The summed E-state index contributed by atoms with van der Waals surface area (Å²) in [7, 11) is 3.34. The van der Waals surface area contributed by atoms with E-state index in [1.165, 1.54) is 19.2 Å². The van der Waals surface area contributed by atoms with E-state index in [-0.39, 0.29) is 30.9 Å². The highest BCUT2D eigenvalue weighted by molar-refractivity contribution is 5.92. The largest absolute Gasteiger partial charge is 0.493 e. The Bertz CT molecular complexity index is 1420. The van der Waals surface area contributed by atoms with E-state index >= 15 is 4.39 Å². The van der Waals surface area contributed by atoms with E-state index in [2.05, 4.69) is 15.3 Å². The summed E-state index contributed by atoms with van der Waals surface area (Å²) in [6.45, 7) is 6.47. The summed E-state index contributed by atoms with van der Waals surface area (Å²) in [5.74, 6) is -5.98. The van der Waals surface area contributed by atoms with Gasteiger partial charge in [0.2, 0.25) is 5.92 Å². The predicted octanol–water partition coefficient (Wildman–Crippen LogP) is 6.48. The van der Waals surface area contributed by atoms with E-state index < -0.39 is 34.9 Å². The predicted molar refractivity (Wildman–Crippen MR) is 150 cm³/mol. The zero-order chi connectivity index (χ0) is 31.0. The average molecular weight is 597 g/mol. The number of benzene rings is 2. The van der Waals surface area contributed by atoms with Crippen molar-refractivity contribution < 1.29 is 36.5 Å². The van der Waals surface area contributed by atoms with Gasteiger partial charge in [-0.2, -0.15) is 8.78 Å². The maximum atomic E-state index is 15.4. The highest BCUT2D eigenvalue weighted by Crippen LogP contribution is 2.43. The number of aryl methyl sites for hydroxylation is 1. The Morgan fingerprint density at radius 3 is 2.48 bits per heavy atom. The van der Waals surface area contributed by atoms with Gasteiger partial charge < -0.3 is 24.8 Å². The zero-order valence-electron chi connectivity index (χ0n) is 24.6. The third-order valence-electron chi connectivity index (χ3n) is 7.52. The minimum absolute atomic E-state index is 0.0295. The normalized spacial score (nSPS) is 16.4. The quantitative estimate of drug-likeness (QED) is 0.232. The maximum absolute atomic E-state index is 15.4. The van der Waals surface area contributed by atoms with Gasteiger partial charge in [0.15, 0.2) is 11.5 Å². The lowest BCUT2D eigenvalue weighted by molar-refractivity contribution is -0.170. The Labute approximate surface area is 242 Å². The molecule has 0 unspecified atom stereocenters. The Kier molecular flexibility index (Phi) is 8.90. The molecule has 2 N–H and O–H groups in total. The highest BCUT2D eigenvalue weighted by Gasteiger charge is 2.49. The van der Waals surface area contributed by atoms with Crippen LogP contribution in [0.15, 0.2) is 30.3 Å². The Balaban J connectivity index is 1.56. The standard InChI is InChI=1S/C30H37F5N4O3/c1-17(20-8-7-9-22(26(20)31)30(34,35)28(3,4)40)36-27-21-12-25(24(41-6)13-23(21)37-18(2)38-27)42-11-10-39(5)16-19-14-29(32,33)15-19/h7-9,12-13,17,19,40H,10-11,14-16H2,1-6H3,(H,36,37,38)/t17-/m1/s1. The van der Waals surface area contributed by atoms with Crippen molar-refractivity contribution in [2.75, 3.05) is 39.2 Å². The minimum atomic E-state index is -3.83. The number of hydrogen-bond donors (Lipinski definition) is 2. The Morgan fingerprint density at radius 1 is 1.17 bits per heavy atom. The fourth-order valence-corrected chi connectivity index (χ4v) is 5.13. The van der Waals surface area contributed by atoms with Crippen molar-refractivity contribution in [2.45, 2.75) is 64.0 Å². The van der Waals surface area contributed by atoms with Crippen LogP contribution in [0.25, 0.3) is 10.9 Å². The molecule has 1 heterocycles. The van der Waals surface area contributed by atoms with Crippen molar-refractivity contribution in [3.63, 3.8) is 0 Å². The second kappa shape index (κ2) is 11.8. The second-order valence-corrected chi connectivity index (χ2v) is 11.6. The van der Waals surface area contributed by atoms with Crippen molar-refractivity contribution in [2.24, 2.45) is 5.92 Å². The summed E-state index contributed by atoms with van der Waals surface area (Å²) in [5.41, 5.74) is -2.88. The first-order valence-electron chi connectivity index (χ1n) is 13.7. The van der Waals surface area contributed by atoms with E-state index in [0.29, 0.717) is 47.1 Å². The number of halogens is 5. The van der Waals surface area contributed by atoms with Gasteiger partial charge in [0, 0.05) is 42.9 Å². The zero-order valence-corrected chi connectivity index (χ0v) is 24.6. The first kappa shape index (κ1) is 31.7. The van der Waals surface area contributed by atoms with Gasteiger partial charge in [0.25, 0.3) is 0 Å². The lowest BCUT2D eigenvalue weighted by Gasteiger charge is -2.37. The molecule has 0 aliphatic heterocycles. The van der Waals surface area contributed by atoms with Crippen molar-refractivity contribution in [1.82, 2.24) is 14.9 Å². The highest BCUT2D eigenvalue weighted by atomic mass is 19.3. The van der Waals surface area contributed by atoms with Gasteiger partial charge in [0.1, 0.15) is 29.7 Å². The van der Waals surface area contributed by atoms with Gasteiger partial charge >= 0.3 is 5.92 Å². The first-order chi connectivity index (χ1) is 19.5. The van der Waals surface area contributed by atoms with Crippen LogP contribution in [0.5, 0.6) is 11.5 Å². The number of hydrogen-bond acceptors (Lipinski definition) is 7. The van der Waals surface area contributed by atoms with Crippen LogP contribution in [-0.4, -0.2) is 65.4 Å². The van der Waals surface area contributed by atoms with Crippen LogP contribution in [0.3, 0.4) is 0 Å². The van der Waals surface area contributed by atoms with Crippen molar-refractivity contribution in [3.05, 3.63) is 53.1 Å². The van der Waals surface area contributed by atoms with Gasteiger partial charge in [-0.05, 0) is 52.8 Å². The SMILES string of the molecule is COc1cc2nc(C)nc(N[C@H](C)c3cccc(C(F)(F)C(C)(C)O)c3F)c2cc1OCCN(C)CC1CC(F)(F)C1. The third kappa shape index (κ3) is 6.70. The minimum Gasteiger partial charge on any atom is -0.493 e. The number of likely N-dealkylation sites (N-methyl/N-ethyl adjacent to an activating group) is 1. The van der Waals surface area contributed by atoms with Crippen LogP contribution in [0.4, 0.5) is 27.8 Å². The number of anilines is 1. The molecule has 0 saturated heterocycles. The van der Waals surface area contributed by atoms with Crippen LogP contribution in [0.1, 0.15) is 56.6 Å². The number of aromatic nitrogens is 2. The van der Waals surface area contributed by atoms with Gasteiger partial charge in [-0.3, -0.25) is 0 Å². The van der Waals surface area contributed by atoms with Crippen molar-refractivity contribution >= 4 is 16.7 Å². The van der Waals surface area contributed by atoms with Gasteiger partial charge in [-0.15, -0.1) is 0 Å². The molecule has 3 aromatic rings. The summed E-state index contributed by atoms with van der Waals surface area (Å²) in [5, 5.41) is 13.6. The second-order valence-electron chi connectivity index (χ2n) is 11.6. The molecule has 0 amide bonds. The molecule has 0 radical (unpaired) electrons. The van der Waals surface area contributed by atoms with Crippen LogP contribution in [0.2, 0.25) is 0 Å². The van der Waals surface area contributed by atoms with Crippen LogP contribution in [0, 0.1) is 18.7 Å². The van der Waals surface area contributed by atoms with Crippen molar-refractivity contribution in [1.29, 1.82) is 0 Å². The lowest BCUT2D eigenvalue weighted by Crippen LogP contribution is -2.42. The molecule has 1 aliphatic rings. The molecule has 2 aromatic carbocycles. The molecule has 1 atom stereocenters. The molecule has 42 heavy (non-hydrogen) atoms. The maximum Gasteiger partial charge on any atom is 0.303 e. The third-order valence-corrected chi connectivity index (χ3v) is 7.52. The van der Waals surface area contributed by atoms with E-state index in [0.717, 1.165) is 19.9 Å². The number of nitrogens with one attached hydrogen (secondary N) is 1. The van der Waals surface area contributed by atoms with E-state index in [4.69, 9.17) is 9.47 Å².